The number of aliphatic carboxylic acids is 1. The van der Waals surface area contributed by atoms with Crippen molar-refractivity contribution < 1.29 is 42.5 Å². The van der Waals surface area contributed by atoms with Crippen molar-refractivity contribution in [3.05, 3.63) is 83.4 Å². The number of nitrogens with zero attached hydrogens (tertiary/aromatic N) is 2. The van der Waals surface area contributed by atoms with Crippen LogP contribution in [0.5, 0.6) is 5.75 Å². The van der Waals surface area contributed by atoms with Gasteiger partial charge in [-0.25, -0.2) is 9.78 Å². The van der Waals surface area contributed by atoms with Crippen molar-refractivity contribution in [2.24, 2.45) is 0 Å². The smallest absolute Gasteiger partial charge is 0.490 e. The second-order valence-corrected chi connectivity index (χ2v) is 9.58. The van der Waals surface area contributed by atoms with Crippen LogP contribution >= 0.6 is 0 Å². The van der Waals surface area contributed by atoms with Gasteiger partial charge in [-0.15, -0.1) is 0 Å². The summed E-state index contributed by atoms with van der Waals surface area (Å²) in [6, 6.07) is 14.3. The van der Waals surface area contributed by atoms with E-state index in [0.29, 0.717) is 12.8 Å². The quantitative estimate of drug-likeness (QED) is 0.307. The van der Waals surface area contributed by atoms with Gasteiger partial charge in [-0.3, -0.25) is 9.59 Å². The van der Waals surface area contributed by atoms with Crippen LogP contribution in [-0.2, 0) is 32.8 Å². The van der Waals surface area contributed by atoms with E-state index in [9.17, 15) is 27.9 Å². The van der Waals surface area contributed by atoms with Crippen molar-refractivity contribution in [3.63, 3.8) is 0 Å². The minimum Gasteiger partial charge on any atom is -0.497 e. The lowest BCUT2D eigenvalue weighted by Crippen LogP contribution is -2.65. The maximum Gasteiger partial charge on any atom is 0.490 e. The minimum absolute atomic E-state index is 0.193. The van der Waals surface area contributed by atoms with Gasteiger partial charge in [0.25, 0.3) is 0 Å². The molecule has 1 atom stereocenters. The van der Waals surface area contributed by atoms with Crippen molar-refractivity contribution in [1.82, 2.24) is 20.2 Å². The number of H-pyrrole nitrogens is 1. The predicted molar refractivity (Wildman–Crippen MR) is 141 cm³/mol. The third-order valence-electron chi connectivity index (χ3n) is 6.50. The average molecular weight is 577 g/mol. The summed E-state index contributed by atoms with van der Waals surface area (Å²) in [5.41, 5.74) is 2.43. The van der Waals surface area contributed by atoms with Gasteiger partial charge in [0.2, 0.25) is 11.8 Å². The standard InChI is InChI=1S/C26H30N4O4.C2HF3O2/c1-18-5-3-4-6-22(18)26(33)15-30(16-26)25(32)23(13-19-7-10-21(34-2)11-8-19)29-24(31)12-9-20-14-27-17-28-20;3-2(4,5)1(6)7/h3-8,10-11,14,17,23,33H,9,12-13,15-16H2,1-2H3,(H,27,28)(H,29,31);(H,6,7)/t23-;/m0./s1. The van der Waals surface area contributed by atoms with Crippen LogP contribution in [-0.4, -0.2) is 75.3 Å². The molecule has 0 unspecified atom stereocenters. The maximum atomic E-state index is 13.4. The second-order valence-electron chi connectivity index (χ2n) is 9.58. The number of nitrogens with one attached hydrogen (secondary N) is 2. The van der Waals surface area contributed by atoms with Crippen molar-refractivity contribution >= 4 is 17.8 Å². The van der Waals surface area contributed by atoms with Gasteiger partial charge in [-0.1, -0.05) is 36.4 Å². The van der Waals surface area contributed by atoms with E-state index in [-0.39, 0.29) is 31.3 Å². The van der Waals surface area contributed by atoms with E-state index in [1.54, 1.807) is 24.5 Å². The number of alkyl halides is 3. The van der Waals surface area contributed by atoms with E-state index in [2.05, 4.69) is 15.3 Å². The van der Waals surface area contributed by atoms with E-state index >= 15 is 0 Å². The number of aromatic nitrogens is 2. The fraction of sp³-hybridized carbons (Fsp3) is 0.357. The molecule has 4 rings (SSSR count). The number of carbonyl (C=O) groups is 3. The van der Waals surface area contributed by atoms with Gasteiger partial charge in [0.05, 0.1) is 32.2 Å². The lowest BCUT2D eigenvalue weighted by Gasteiger charge is -2.48. The molecule has 2 amide bonds. The Kier molecular flexibility index (Phi) is 10.1. The van der Waals surface area contributed by atoms with Gasteiger partial charge in [0.1, 0.15) is 17.4 Å². The zero-order chi connectivity index (χ0) is 30.2. The van der Waals surface area contributed by atoms with Crippen molar-refractivity contribution in [2.75, 3.05) is 20.2 Å². The highest BCUT2D eigenvalue weighted by molar-refractivity contribution is 5.88. The number of aryl methyl sites for hydroxylation is 2. The van der Waals surface area contributed by atoms with Gasteiger partial charge < -0.3 is 30.2 Å². The van der Waals surface area contributed by atoms with E-state index in [0.717, 1.165) is 28.1 Å². The highest BCUT2D eigenvalue weighted by Gasteiger charge is 2.47. The number of carboxylic acids is 1. The number of β-amino-alcohol motifs (C(OH)–C–C–N with tert-alkyl or cyclic N) is 1. The Labute approximate surface area is 234 Å². The molecule has 1 aliphatic heterocycles. The fourth-order valence-corrected chi connectivity index (χ4v) is 4.36. The minimum atomic E-state index is -5.08. The summed E-state index contributed by atoms with van der Waals surface area (Å²) in [4.78, 5) is 43.6. The Bertz CT molecular complexity index is 1320. The molecule has 2 aromatic carbocycles. The number of rotatable bonds is 9. The molecule has 1 aliphatic rings. The number of halogens is 3. The molecular formula is C28H31F3N4O6. The molecule has 2 heterocycles. The third kappa shape index (κ3) is 8.55. The molecule has 0 radical (unpaired) electrons. The van der Waals surface area contributed by atoms with Crippen LogP contribution in [0.4, 0.5) is 13.2 Å². The molecule has 41 heavy (non-hydrogen) atoms. The number of aliphatic hydroxyl groups is 1. The van der Waals surface area contributed by atoms with E-state index < -0.39 is 23.8 Å². The first kappa shape index (κ1) is 31.1. The summed E-state index contributed by atoms with van der Waals surface area (Å²) in [5.74, 6) is -2.46. The van der Waals surface area contributed by atoms with Crippen LogP contribution in [0.3, 0.4) is 0 Å². The molecule has 0 bridgehead atoms. The molecule has 3 aromatic rings. The van der Waals surface area contributed by atoms with Crippen molar-refractivity contribution in [3.8, 4) is 5.75 Å². The van der Waals surface area contributed by atoms with Crippen LogP contribution in [0.2, 0.25) is 0 Å². The average Bonchev–Trinajstić information content (AvgIpc) is 3.44. The first-order valence-corrected chi connectivity index (χ1v) is 12.6. The lowest BCUT2D eigenvalue weighted by molar-refractivity contribution is -0.192. The number of hydrogen-bond donors (Lipinski definition) is 4. The molecule has 1 fully saturated rings. The normalized spacial score (nSPS) is 14.6. The number of ether oxygens (including phenoxy) is 1. The molecule has 220 valence electrons. The topological polar surface area (TPSA) is 145 Å². The van der Waals surface area contributed by atoms with E-state index in [1.807, 2.05) is 55.5 Å². The Morgan fingerprint density at radius 1 is 1.15 bits per heavy atom. The summed E-state index contributed by atoms with van der Waals surface area (Å²) < 4.78 is 36.9. The number of aromatic amines is 1. The monoisotopic (exact) mass is 576 g/mol. The van der Waals surface area contributed by atoms with Crippen LogP contribution in [0.15, 0.2) is 61.1 Å². The van der Waals surface area contributed by atoms with E-state index in [1.165, 1.54) is 0 Å². The van der Waals surface area contributed by atoms with Crippen LogP contribution < -0.4 is 10.1 Å². The Balaban J connectivity index is 0.000000587. The predicted octanol–water partition coefficient (Wildman–Crippen LogP) is 2.75. The number of likely N-dealkylation sites (tertiary alicyclic amines) is 1. The molecule has 4 N–H and O–H groups in total. The Morgan fingerprint density at radius 3 is 2.32 bits per heavy atom. The van der Waals surface area contributed by atoms with Crippen LogP contribution in [0, 0.1) is 6.92 Å². The number of carbonyl (C=O) groups excluding carboxylic acids is 2. The molecule has 1 aromatic heterocycles. The number of carboxylic acid groups (broad SMARTS) is 1. The van der Waals surface area contributed by atoms with Gasteiger partial charge >= 0.3 is 12.1 Å². The summed E-state index contributed by atoms with van der Waals surface area (Å²) in [7, 11) is 1.60. The van der Waals surface area contributed by atoms with Crippen molar-refractivity contribution in [1.29, 1.82) is 0 Å². The van der Waals surface area contributed by atoms with Gasteiger partial charge in [-0.2, -0.15) is 13.2 Å². The van der Waals surface area contributed by atoms with Gasteiger partial charge in [0, 0.05) is 19.0 Å². The number of hydrogen-bond acceptors (Lipinski definition) is 6. The summed E-state index contributed by atoms with van der Waals surface area (Å²) in [6.45, 7) is 2.34. The molecule has 10 nitrogen and oxygen atoms in total. The lowest BCUT2D eigenvalue weighted by atomic mass is 9.83. The summed E-state index contributed by atoms with van der Waals surface area (Å²) in [6.07, 6.45) is -0.710. The molecule has 0 saturated carbocycles. The number of imidazole rings is 1. The molecule has 13 heteroatoms. The summed E-state index contributed by atoms with van der Waals surface area (Å²) in [5, 5.41) is 21.1. The van der Waals surface area contributed by atoms with Crippen LogP contribution in [0.25, 0.3) is 0 Å². The molecule has 0 aliphatic carbocycles. The highest BCUT2D eigenvalue weighted by Crippen LogP contribution is 2.34. The zero-order valence-electron chi connectivity index (χ0n) is 22.4. The van der Waals surface area contributed by atoms with E-state index in [4.69, 9.17) is 14.6 Å². The number of amides is 2. The number of benzene rings is 2. The second kappa shape index (κ2) is 13.3. The van der Waals surface area contributed by atoms with Gasteiger partial charge in [-0.05, 0) is 42.2 Å². The largest absolute Gasteiger partial charge is 0.497 e. The fourth-order valence-electron chi connectivity index (χ4n) is 4.36. The highest BCUT2D eigenvalue weighted by atomic mass is 19.4. The van der Waals surface area contributed by atoms with Crippen LogP contribution in [0.1, 0.15) is 28.8 Å². The van der Waals surface area contributed by atoms with Crippen molar-refractivity contribution in [2.45, 2.75) is 44.0 Å². The zero-order valence-corrected chi connectivity index (χ0v) is 22.4. The van der Waals surface area contributed by atoms with Gasteiger partial charge in [0.15, 0.2) is 0 Å². The SMILES string of the molecule is COc1ccc(C[C@H](NC(=O)CCc2c[nH]cn2)C(=O)N2CC(O)(c3ccccc3C)C2)cc1.O=C(O)C(F)(F)F. The molecule has 0 spiro atoms. The molecular weight excluding hydrogens is 545 g/mol. The Hall–Kier alpha value is -4.39. The first-order valence-electron chi connectivity index (χ1n) is 12.6. The Morgan fingerprint density at radius 2 is 1.78 bits per heavy atom. The third-order valence-corrected chi connectivity index (χ3v) is 6.50. The summed E-state index contributed by atoms with van der Waals surface area (Å²) >= 11 is 0. The maximum absolute atomic E-state index is 13.4. The first-order chi connectivity index (χ1) is 19.3. The molecule has 1 saturated heterocycles. The number of methoxy groups -OCH3 is 1.